The Balaban J connectivity index is 1.43. The number of pyridine rings is 1. The fraction of sp³-hybridized carbons (Fsp3) is 0.522. The zero-order valence-corrected chi connectivity index (χ0v) is 21.0. The largest absolute Gasteiger partial charge is 0.352 e. The minimum atomic E-state index is -0.202. The summed E-state index contributed by atoms with van der Waals surface area (Å²) >= 11 is 7.59. The number of hydroxylamine groups is 1. The highest BCUT2D eigenvalue weighted by atomic mass is 35.5. The molecule has 2 aromatic rings. The number of hydrogen-bond acceptors (Lipinski definition) is 6. The van der Waals surface area contributed by atoms with E-state index in [9.17, 15) is 9.59 Å². The van der Waals surface area contributed by atoms with Crippen LogP contribution in [0.5, 0.6) is 0 Å². The number of rotatable bonds is 9. The molecule has 2 aromatic heterocycles. The number of nitrogens with zero attached hydrogens (tertiary/aromatic N) is 3. The average Bonchev–Trinajstić information content (AvgIpc) is 3.28. The van der Waals surface area contributed by atoms with Gasteiger partial charge in [0.2, 0.25) is 0 Å². The third-order valence-corrected chi connectivity index (χ3v) is 6.84. The van der Waals surface area contributed by atoms with E-state index in [-0.39, 0.29) is 18.0 Å². The Kier molecular flexibility index (Phi) is 9.49. The summed E-state index contributed by atoms with van der Waals surface area (Å²) in [5, 5.41) is 7.49. The zero-order chi connectivity index (χ0) is 23.8. The first-order valence-corrected chi connectivity index (χ1v) is 12.5. The van der Waals surface area contributed by atoms with Crippen LogP contribution in [0, 0.1) is 13.8 Å². The number of nitrogens with one attached hydrogen (secondary N) is 2. The third kappa shape index (κ3) is 7.14. The van der Waals surface area contributed by atoms with Crippen molar-refractivity contribution < 1.29 is 14.4 Å². The lowest BCUT2D eigenvalue weighted by Crippen LogP contribution is -2.50. The third-order valence-electron chi connectivity index (χ3n) is 5.91. The number of amides is 3. The van der Waals surface area contributed by atoms with Crippen molar-refractivity contribution in [1.82, 2.24) is 25.6 Å². The molecule has 1 fully saturated rings. The SMILES string of the molecule is CONC(=O)N(Cc1ccsc1)C1CCN(CCCNC(=O)c2c(C)cc(Cl)nc2C)CC1. The van der Waals surface area contributed by atoms with Crippen LogP contribution in [-0.2, 0) is 11.4 Å². The Morgan fingerprint density at radius 1 is 1.33 bits per heavy atom. The van der Waals surface area contributed by atoms with E-state index in [4.69, 9.17) is 16.4 Å². The van der Waals surface area contributed by atoms with Crippen molar-refractivity contribution in [3.05, 3.63) is 50.4 Å². The summed E-state index contributed by atoms with van der Waals surface area (Å²) in [5.74, 6) is -0.110. The summed E-state index contributed by atoms with van der Waals surface area (Å²) in [6.07, 6.45) is 2.67. The Bertz CT molecular complexity index is 909. The number of aryl methyl sites for hydroxylation is 2. The van der Waals surface area contributed by atoms with Crippen molar-refractivity contribution in [3.8, 4) is 0 Å². The van der Waals surface area contributed by atoms with Crippen LogP contribution in [0.3, 0.4) is 0 Å². The minimum Gasteiger partial charge on any atom is -0.352 e. The number of carbonyl (C=O) groups is 2. The number of piperidine rings is 1. The number of carbonyl (C=O) groups excluding carboxylic acids is 2. The predicted octanol–water partition coefficient (Wildman–Crippen LogP) is 3.77. The van der Waals surface area contributed by atoms with Crippen LogP contribution in [0.4, 0.5) is 4.79 Å². The first-order chi connectivity index (χ1) is 15.9. The van der Waals surface area contributed by atoms with Gasteiger partial charge in [0.25, 0.3) is 5.91 Å². The highest BCUT2D eigenvalue weighted by molar-refractivity contribution is 7.07. The van der Waals surface area contributed by atoms with Crippen molar-refractivity contribution in [2.45, 2.75) is 45.7 Å². The van der Waals surface area contributed by atoms with E-state index in [1.165, 1.54) is 7.11 Å². The molecule has 8 nitrogen and oxygen atoms in total. The van der Waals surface area contributed by atoms with Crippen LogP contribution < -0.4 is 10.8 Å². The highest BCUT2D eigenvalue weighted by Gasteiger charge is 2.28. The molecule has 3 rings (SSSR count). The first-order valence-electron chi connectivity index (χ1n) is 11.1. The standard InChI is InChI=1S/C23H32ClN5O3S/c1-16-13-20(24)26-17(2)21(16)22(30)25-8-4-9-28-10-5-19(6-11-28)29(23(31)27-32-3)14-18-7-12-33-15-18/h7,12-13,15,19H,4-6,8-11,14H2,1-3H3,(H,25,30)(H,27,31). The van der Waals surface area contributed by atoms with Gasteiger partial charge in [-0.25, -0.2) is 15.3 Å². The van der Waals surface area contributed by atoms with Gasteiger partial charge >= 0.3 is 6.03 Å². The first kappa shape index (κ1) is 25.4. The Morgan fingerprint density at radius 2 is 2.09 bits per heavy atom. The van der Waals surface area contributed by atoms with E-state index < -0.39 is 0 Å². The average molecular weight is 494 g/mol. The normalized spacial score (nSPS) is 14.8. The van der Waals surface area contributed by atoms with Crippen molar-refractivity contribution in [3.63, 3.8) is 0 Å². The molecule has 10 heteroatoms. The second-order valence-corrected chi connectivity index (χ2v) is 9.44. The van der Waals surface area contributed by atoms with Gasteiger partial charge in [0.15, 0.2) is 0 Å². The minimum absolute atomic E-state index is 0.110. The van der Waals surface area contributed by atoms with E-state index in [0.29, 0.717) is 29.5 Å². The Hall–Kier alpha value is -2.20. The van der Waals surface area contributed by atoms with Gasteiger partial charge in [0.1, 0.15) is 5.15 Å². The van der Waals surface area contributed by atoms with Crippen molar-refractivity contribution >= 4 is 34.9 Å². The van der Waals surface area contributed by atoms with Crippen LogP contribution in [-0.4, -0.2) is 66.1 Å². The van der Waals surface area contributed by atoms with E-state index >= 15 is 0 Å². The molecule has 180 valence electrons. The fourth-order valence-electron chi connectivity index (χ4n) is 4.27. The second-order valence-electron chi connectivity index (χ2n) is 8.28. The summed E-state index contributed by atoms with van der Waals surface area (Å²) in [7, 11) is 1.45. The number of halogens is 1. The maximum atomic E-state index is 12.6. The van der Waals surface area contributed by atoms with Gasteiger partial charge in [-0.1, -0.05) is 11.6 Å². The van der Waals surface area contributed by atoms with E-state index in [2.05, 4.69) is 26.1 Å². The number of urea groups is 1. The number of likely N-dealkylation sites (tertiary alicyclic amines) is 1. The second kappa shape index (κ2) is 12.3. The maximum absolute atomic E-state index is 12.6. The van der Waals surface area contributed by atoms with Crippen LogP contribution in [0.2, 0.25) is 5.15 Å². The zero-order valence-electron chi connectivity index (χ0n) is 19.4. The van der Waals surface area contributed by atoms with E-state index in [1.807, 2.05) is 23.3 Å². The molecule has 3 heterocycles. The van der Waals surface area contributed by atoms with E-state index in [0.717, 1.165) is 50.0 Å². The van der Waals surface area contributed by atoms with Gasteiger partial charge < -0.3 is 15.1 Å². The smallest absolute Gasteiger partial charge is 0.341 e. The number of aromatic nitrogens is 1. The van der Waals surface area contributed by atoms with Gasteiger partial charge in [0.05, 0.1) is 18.4 Å². The molecule has 1 aliphatic rings. The van der Waals surface area contributed by atoms with Crippen molar-refractivity contribution in [1.29, 1.82) is 0 Å². The predicted molar refractivity (Wildman–Crippen MR) is 131 cm³/mol. The molecule has 0 aliphatic carbocycles. The molecular formula is C23H32ClN5O3S. The molecule has 1 saturated heterocycles. The topological polar surface area (TPSA) is 86.8 Å². The van der Waals surface area contributed by atoms with Gasteiger partial charge in [-0.05, 0) is 73.7 Å². The fourth-order valence-corrected chi connectivity index (χ4v) is 5.22. The molecule has 0 spiro atoms. The molecule has 3 amide bonds. The number of thiophene rings is 1. The molecule has 2 N–H and O–H groups in total. The summed E-state index contributed by atoms with van der Waals surface area (Å²) < 4.78 is 0. The monoisotopic (exact) mass is 493 g/mol. The Morgan fingerprint density at radius 3 is 2.73 bits per heavy atom. The summed E-state index contributed by atoms with van der Waals surface area (Å²) in [4.78, 5) is 38.4. The Labute approximate surface area is 204 Å². The highest BCUT2D eigenvalue weighted by Crippen LogP contribution is 2.21. The lowest BCUT2D eigenvalue weighted by atomic mass is 10.0. The van der Waals surface area contributed by atoms with Crippen LogP contribution in [0.15, 0.2) is 22.9 Å². The summed E-state index contributed by atoms with van der Waals surface area (Å²) in [6.45, 7) is 7.57. The van der Waals surface area contributed by atoms with Crippen LogP contribution >= 0.6 is 22.9 Å². The van der Waals surface area contributed by atoms with Crippen LogP contribution in [0.25, 0.3) is 0 Å². The van der Waals surface area contributed by atoms with Gasteiger partial charge in [-0.3, -0.25) is 9.63 Å². The maximum Gasteiger partial charge on any atom is 0.341 e. The van der Waals surface area contributed by atoms with E-state index in [1.54, 1.807) is 24.3 Å². The molecule has 0 bridgehead atoms. The summed E-state index contributed by atoms with van der Waals surface area (Å²) in [5.41, 5.74) is 5.67. The molecule has 0 unspecified atom stereocenters. The summed E-state index contributed by atoms with van der Waals surface area (Å²) in [6, 6.07) is 3.72. The van der Waals surface area contributed by atoms with Crippen molar-refractivity contribution in [2.24, 2.45) is 0 Å². The molecule has 33 heavy (non-hydrogen) atoms. The number of hydrogen-bond donors (Lipinski definition) is 2. The molecule has 0 atom stereocenters. The van der Waals surface area contributed by atoms with Gasteiger partial charge in [-0.2, -0.15) is 11.3 Å². The van der Waals surface area contributed by atoms with Gasteiger partial charge in [-0.15, -0.1) is 0 Å². The molecule has 0 saturated carbocycles. The molecule has 0 aromatic carbocycles. The van der Waals surface area contributed by atoms with Gasteiger partial charge in [0, 0.05) is 32.2 Å². The molecular weight excluding hydrogens is 462 g/mol. The van der Waals surface area contributed by atoms with Crippen molar-refractivity contribution in [2.75, 3.05) is 33.3 Å². The molecule has 1 aliphatic heterocycles. The molecule has 0 radical (unpaired) electrons. The quantitative estimate of drug-likeness (QED) is 0.315. The van der Waals surface area contributed by atoms with Crippen LogP contribution in [0.1, 0.15) is 46.4 Å². The lowest BCUT2D eigenvalue weighted by molar-refractivity contribution is 0.0623. The lowest BCUT2D eigenvalue weighted by Gasteiger charge is -2.38.